The summed E-state index contributed by atoms with van der Waals surface area (Å²) in [4.78, 5) is 14.7. The summed E-state index contributed by atoms with van der Waals surface area (Å²) in [6, 6.07) is 9.90. The van der Waals surface area contributed by atoms with E-state index in [4.69, 9.17) is 9.26 Å². The average molecular weight is 341 g/mol. The van der Waals surface area contributed by atoms with Gasteiger partial charge in [0, 0.05) is 30.8 Å². The molecule has 6 heteroatoms. The van der Waals surface area contributed by atoms with Gasteiger partial charge < -0.3 is 19.5 Å². The van der Waals surface area contributed by atoms with Crippen LogP contribution in [0.3, 0.4) is 0 Å². The van der Waals surface area contributed by atoms with Crippen LogP contribution in [-0.2, 0) is 0 Å². The molecule has 2 atom stereocenters. The van der Waals surface area contributed by atoms with Crippen molar-refractivity contribution in [3.63, 3.8) is 0 Å². The largest absolute Gasteiger partial charge is 0.497 e. The Kier molecular flexibility index (Phi) is 4.11. The molecule has 6 nitrogen and oxygen atoms in total. The molecule has 1 N–H and O–H groups in total. The molecule has 2 aliphatic rings. The van der Waals surface area contributed by atoms with Crippen LogP contribution in [0.15, 0.2) is 34.9 Å². The first-order valence-corrected chi connectivity index (χ1v) is 8.80. The highest BCUT2D eigenvalue weighted by molar-refractivity contribution is 5.92. The molecular weight excluding hydrogens is 318 g/mol. The number of hydrogen-bond donors (Lipinski definition) is 1. The van der Waals surface area contributed by atoms with Gasteiger partial charge >= 0.3 is 0 Å². The second-order valence-electron chi connectivity index (χ2n) is 7.05. The normalized spacial score (nSPS) is 22.9. The quantitative estimate of drug-likeness (QED) is 0.906. The van der Waals surface area contributed by atoms with Crippen LogP contribution in [0.5, 0.6) is 5.75 Å². The molecule has 1 aliphatic carbocycles. The lowest BCUT2D eigenvalue weighted by Crippen LogP contribution is -2.40. The Morgan fingerprint density at radius 1 is 1.28 bits per heavy atom. The van der Waals surface area contributed by atoms with E-state index in [0.717, 1.165) is 43.1 Å². The third-order valence-electron chi connectivity index (χ3n) is 5.11. The number of rotatable bonds is 5. The minimum absolute atomic E-state index is 0.0932. The topological polar surface area (TPSA) is 67.6 Å². The number of carbonyl (C=O) groups is 1. The van der Waals surface area contributed by atoms with E-state index >= 15 is 0 Å². The lowest BCUT2D eigenvalue weighted by molar-refractivity contribution is 0.0924. The summed E-state index contributed by atoms with van der Waals surface area (Å²) >= 11 is 0. The second kappa shape index (κ2) is 6.43. The SMILES string of the molecule is COc1ccc(N2CC(C)C(NC(=O)c3cc(C4CC4)on3)C2)cc1. The molecule has 4 rings (SSSR count). The summed E-state index contributed by atoms with van der Waals surface area (Å²) < 4.78 is 10.5. The van der Waals surface area contributed by atoms with Crippen LogP contribution in [0.1, 0.15) is 41.9 Å². The van der Waals surface area contributed by atoms with Crippen molar-refractivity contribution >= 4 is 11.6 Å². The maximum absolute atomic E-state index is 12.5. The molecule has 1 saturated carbocycles. The van der Waals surface area contributed by atoms with Gasteiger partial charge in [-0.2, -0.15) is 0 Å². The highest BCUT2D eigenvalue weighted by Gasteiger charge is 2.33. The van der Waals surface area contributed by atoms with Gasteiger partial charge in [0.25, 0.3) is 5.91 Å². The Bertz CT molecular complexity index is 752. The number of ether oxygens (including phenoxy) is 1. The Labute approximate surface area is 147 Å². The Morgan fingerprint density at radius 2 is 2.04 bits per heavy atom. The maximum Gasteiger partial charge on any atom is 0.273 e. The smallest absolute Gasteiger partial charge is 0.273 e. The monoisotopic (exact) mass is 341 g/mol. The van der Waals surface area contributed by atoms with Crippen LogP contribution in [0, 0.1) is 5.92 Å². The van der Waals surface area contributed by atoms with Crippen molar-refractivity contribution in [2.24, 2.45) is 5.92 Å². The van der Waals surface area contributed by atoms with Gasteiger partial charge in [-0.1, -0.05) is 12.1 Å². The molecule has 1 aromatic carbocycles. The van der Waals surface area contributed by atoms with Crippen molar-refractivity contribution in [3.8, 4) is 5.75 Å². The van der Waals surface area contributed by atoms with E-state index in [-0.39, 0.29) is 11.9 Å². The van der Waals surface area contributed by atoms with E-state index < -0.39 is 0 Å². The maximum atomic E-state index is 12.5. The van der Waals surface area contributed by atoms with Crippen LogP contribution in [-0.4, -0.2) is 37.3 Å². The number of carbonyl (C=O) groups excluding carboxylic acids is 1. The Balaban J connectivity index is 1.39. The van der Waals surface area contributed by atoms with Crippen LogP contribution in [0.4, 0.5) is 5.69 Å². The number of nitrogens with one attached hydrogen (secondary N) is 1. The molecule has 132 valence electrons. The number of nitrogens with zero attached hydrogens (tertiary/aromatic N) is 2. The van der Waals surface area contributed by atoms with Crippen molar-refractivity contribution in [2.45, 2.75) is 31.7 Å². The summed E-state index contributed by atoms with van der Waals surface area (Å²) in [5.74, 6) is 2.36. The van der Waals surface area contributed by atoms with Crippen molar-refractivity contribution in [3.05, 3.63) is 41.8 Å². The molecule has 2 unspecified atom stereocenters. The van der Waals surface area contributed by atoms with E-state index in [1.807, 2.05) is 12.1 Å². The second-order valence-corrected chi connectivity index (χ2v) is 7.05. The fourth-order valence-electron chi connectivity index (χ4n) is 3.36. The molecular formula is C19H23N3O3. The first-order valence-electron chi connectivity index (χ1n) is 8.80. The van der Waals surface area contributed by atoms with Gasteiger partial charge in [-0.25, -0.2) is 0 Å². The van der Waals surface area contributed by atoms with E-state index in [1.54, 1.807) is 13.2 Å². The first-order chi connectivity index (χ1) is 12.1. The third kappa shape index (κ3) is 3.34. The summed E-state index contributed by atoms with van der Waals surface area (Å²) in [5, 5.41) is 7.04. The van der Waals surface area contributed by atoms with Crippen molar-refractivity contribution in [1.82, 2.24) is 10.5 Å². The Morgan fingerprint density at radius 3 is 2.72 bits per heavy atom. The standard InChI is InChI=1S/C19H23N3O3/c1-12-10-22(14-5-7-15(24-2)8-6-14)11-17(12)20-19(23)16-9-18(25-21-16)13-3-4-13/h5-9,12-13,17H,3-4,10-11H2,1-2H3,(H,20,23). The molecule has 0 spiro atoms. The van der Waals surface area contributed by atoms with Crippen molar-refractivity contribution in [1.29, 1.82) is 0 Å². The molecule has 0 radical (unpaired) electrons. The minimum atomic E-state index is -0.149. The molecule has 1 saturated heterocycles. The van der Waals surface area contributed by atoms with Crippen LogP contribution in [0.2, 0.25) is 0 Å². The van der Waals surface area contributed by atoms with Gasteiger partial charge in [-0.15, -0.1) is 0 Å². The molecule has 1 aliphatic heterocycles. The van der Waals surface area contributed by atoms with Crippen molar-refractivity contribution < 1.29 is 14.1 Å². The van der Waals surface area contributed by atoms with Crippen LogP contribution >= 0.6 is 0 Å². The molecule has 1 aromatic heterocycles. The average Bonchev–Trinajstić information content (AvgIpc) is 3.25. The number of anilines is 1. The number of benzene rings is 1. The number of aromatic nitrogens is 1. The highest BCUT2D eigenvalue weighted by atomic mass is 16.5. The fraction of sp³-hybridized carbons (Fsp3) is 0.474. The fourth-order valence-corrected chi connectivity index (χ4v) is 3.36. The molecule has 0 bridgehead atoms. The summed E-state index contributed by atoms with van der Waals surface area (Å²) in [6.45, 7) is 3.85. The summed E-state index contributed by atoms with van der Waals surface area (Å²) in [5.41, 5.74) is 1.53. The van der Waals surface area contributed by atoms with Gasteiger partial charge in [0.2, 0.25) is 0 Å². The van der Waals surface area contributed by atoms with Gasteiger partial charge in [0.15, 0.2) is 5.69 Å². The van der Waals surface area contributed by atoms with E-state index in [9.17, 15) is 4.79 Å². The molecule has 25 heavy (non-hydrogen) atoms. The lowest BCUT2D eigenvalue weighted by atomic mass is 10.1. The van der Waals surface area contributed by atoms with E-state index in [2.05, 4.69) is 34.4 Å². The molecule has 2 aromatic rings. The van der Waals surface area contributed by atoms with Gasteiger partial charge in [0.1, 0.15) is 11.5 Å². The van der Waals surface area contributed by atoms with Crippen molar-refractivity contribution in [2.75, 3.05) is 25.1 Å². The number of amides is 1. The summed E-state index contributed by atoms with van der Waals surface area (Å²) in [6.07, 6.45) is 2.26. The van der Waals surface area contributed by atoms with E-state index in [1.165, 1.54) is 0 Å². The number of hydrogen-bond acceptors (Lipinski definition) is 5. The zero-order valence-electron chi connectivity index (χ0n) is 14.6. The third-order valence-corrected chi connectivity index (χ3v) is 5.11. The van der Waals surface area contributed by atoms with E-state index in [0.29, 0.717) is 17.5 Å². The van der Waals surface area contributed by atoms with Crippen LogP contribution < -0.4 is 15.0 Å². The van der Waals surface area contributed by atoms with Gasteiger partial charge in [0.05, 0.1) is 13.2 Å². The lowest BCUT2D eigenvalue weighted by Gasteiger charge is -2.19. The molecule has 1 amide bonds. The predicted molar refractivity (Wildman–Crippen MR) is 94.1 cm³/mol. The first kappa shape index (κ1) is 16.0. The minimum Gasteiger partial charge on any atom is -0.497 e. The number of methoxy groups -OCH3 is 1. The Hall–Kier alpha value is -2.50. The molecule has 2 heterocycles. The zero-order chi connectivity index (χ0) is 17.4. The molecule has 2 fully saturated rings. The van der Waals surface area contributed by atoms with Crippen LogP contribution in [0.25, 0.3) is 0 Å². The van der Waals surface area contributed by atoms with Gasteiger partial charge in [-0.3, -0.25) is 4.79 Å². The highest BCUT2D eigenvalue weighted by Crippen LogP contribution is 2.40. The predicted octanol–water partition coefficient (Wildman–Crippen LogP) is 2.82. The summed E-state index contributed by atoms with van der Waals surface area (Å²) in [7, 11) is 1.66. The zero-order valence-corrected chi connectivity index (χ0v) is 14.6. The van der Waals surface area contributed by atoms with Gasteiger partial charge in [-0.05, 0) is 43.0 Å².